The minimum absolute atomic E-state index is 0.111. The van der Waals surface area contributed by atoms with Crippen LogP contribution in [0, 0.1) is 0 Å². The highest BCUT2D eigenvalue weighted by molar-refractivity contribution is 5.71. The molecule has 0 fully saturated rings. The van der Waals surface area contributed by atoms with Gasteiger partial charge in [0.05, 0.1) is 0 Å². The lowest BCUT2D eigenvalue weighted by Gasteiger charge is -2.18. The van der Waals surface area contributed by atoms with E-state index < -0.39 is 6.10 Å². The Morgan fingerprint density at radius 2 is 0.615 bits per heavy atom. The molecule has 0 aromatic heterocycles. The number of esters is 3. The summed E-state index contributed by atoms with van der Waals surface area (Å²) in [6, 6.07) is 0. The van der Waals surface area contributed by atoms with Crippen molar-refractivity contribution in [3.05, 3.63) is 122 Å². The molecule has 6 nitrogen and oxygen atoms in total. The first-order valence-electron chi connectivity index (χ1n) is 26.0. The van der Waals surface area contributed by atoms with Crippen LogP contribution in [-0.2, 0) is 28.6 Å². The average Bonchev–Trinajstić information content (AvgIpc) is 3.30. The summed E-state index contributed by atoms with van der Waals surface area (Å²) in [6.07, 6.45) is 71.9. The Kier molecular flexibility index (Phi) is 49.1. The molecule has 0 heterocycles. The predicted octanol–water partition coefficient (Wildman–Crippen LogP) is 17.3. The van der Waals surface area contributed by atoms with E-state index in [0.29, 0.717) is 19.3 Å². The third kappa shape index (κ3) is 50.7. The van der Waals surface area contributed by atoms with Gasteiger partial charge in [0, 0.05) is 19.3 Å². The summed E-state index contributed by atoms with van der Waals surface area (Å²) in [6.45, 7) is 6.31. The molecule has 0 amide bonds. The Morgan fingerprint density at radius 1 is 0.323 bits per heavy atom. The fraction of sp³-hybridized carbons (Fsp3) is 0.610. The molecule has 0 spiro atoms. The van der Waals surface area contributed by atoms with E-state index in [1.807, 2.05) is 0 Å². The van der Waals surface area contributed by atoms with Crippen molar-refractivity contribution in [1.82, 2.24) is 0 Å². The molecule has 0 bridgehead atoms. The average molecular weight is 899 g/mol. The van der Waals surface area contributed by atoms with Crippen LogP contribution in [0.5, 0.6) is 0 Å². The summed E-state index contributed by atoms with van der Waals surface area (Å²) in [4.78, 5) is 38.0. The van der Waals surface area contributed by atoms with E-state index in [2.05, 4.69) is 142 Å². The van der Waals surface area contributed by atoms with Crippen molar-refractivity contribution in [3.63, 3.8) is 0 Å². The molecule has 6 heteroatoms. The minimum atomic E-state index is -0.819. The first kappa shape index (κ1) is 60.8. The van der Waals surface area contributed by atoms with Crippen LogP contribution in [0.4, 0.5) is 0 Å². The lowest BCUT2D eigenvalue weighted by atomic mass is 10.1. The number of unbranched alkanes of at least 4 members (excludes halogenated alkanes) is 14. The minimum Gasteiger partial charge on any atom is -0.462 e. The van der Waals surface area contributed by atoms with Gasteiger partial charge in [-0.25, -0.2) is 0 Å². The Bertz CT molecular complexity index is 1400. The van der Waals surface area contributed by atoms with Gasteiger partial charge in [0.2, 0.25) is 0 Å². The quantitative estimate of drug-likeness (QED) is 0.0262. The van der Waals surface area contributed by atoms with E-state index in [1.54, 1.807) is 0 Å². The largest absolute Gasteiger partial charge is 0.462 e. The Morgan fingerprint density at radius 3 is 1.00 bits per heavy atom. The molecule has 0 aromatic carbocycles. The van der Waals surface area contributed by atoms with Crippen molar-refractivity contribution in [3.8, 4) is 0 Å². The number of allylic oxidation sites excluding steroid dienone is 20. The van der Waals surface area contributed by atoms with Gasteiger partial charge in [-0.3, -0.25) is 14.4 Å². The van der Waals surface area contributed by atoms with Crippen LogP contribution in [0.25, 0.3) is 0 Å². The van der Waals surface area contributed by atoms with Gasteiger partial charge < -0.3 is 14.2 Å². The van der Waals surface area contributed by atoms with Gasteiger partial charge in [0.25, 0.3) is 0 Å². The van der Waals surface area contributed by atoms with Gasteiger partial charge in [-0.1, -0.05) is 213 Å². The van der Waals surface area contributed by atoms with Crippen molar-refractivity contribution >= 4 is 17.9 Å². The molecule has 0 rings (SSSR count). The van der Waals surface area contributed by atoms with Gasteiger partial charge in [0.15, 0.2) is 6.10 Å². The van der Waals surface area contributed by atoms with Crippen LogP contribution in [0.15, 0.2) is 122 Å². The molecule has 0 aliphatic rings. The van der Waals surface area contributed by atoms with Crippen LogP contribution < -0.4 is 0 Å². The third-order valence-electron chi connectivity index (χ3n) is 10.5. The highest BCUT2D eigenvalue weighted by Gasteiger charge is 2.19. The van der Waals surface area contributed by atoms with Crippen LogP contribution >= 0.6 is 0 Å². The first-order chi connectivity index (χ1) is 32.0. The highest BCUT2D eigenvalue weighted by Crippen LogP contribution is 2.13. The van der Waals surface area contributed by atoms with E-state index >= 15 is 0 Å². The molecular weight excluding hydrogens is 805 g/mol. The summed E-state index contributed by atoms with van der Waals surface area (Å²) in [5, 5.41) is 0. The van der Waals surface area contributed by atoms with Gasteiger partial charge in [-0.2, -0.15) is 0 Å². The Hall–Kier alpha value is -4.19. The molecule has 1 atom stereocenters. The van der Waals surface area contributed by atoms with E-state index in [4.69, 9.17) is 14.2 Å². The number of carbonyl (C=O) groups is 3. The number of hydrogen-bond acceptors (Lipinski definition) is 6. The van der Waals surface area contributed by atoms with E-state index in [-0.39, 0.29) is 44.0 Å². The first-order valence-corrected chi connectivity index (χ1v) is 26.0. The summed E-state index contributed by atoms with van der Waals surface area (Å²) < 4.78 is 16.7. The van der Waals surface area contributed by atoms with E-state index in [0.717, 1.165) is 109 Å². The molecule has 0 radical (unpaired) electrons. The molecule has 65 heavy (non-hydrogen) atoms. The fourth-order valence-corrected chi connectivity index (χ4v) is 6.62. The van der Waals surface area contributed by atoms with Gasteiger partial charge in [0.1, 0.15) is 13.2 Å². The summed E-state index contributed by atoms with van der Waals surface area (Å²) in [5.41, 5.74) is 0. The molecular formula is C59H94O6. The maximum absolute atomic E-state index is 12.8. The van der Waals surface area contributed by atoms with Crippen molar-refractivity contribution < 1.29 is 28.6 Å². The topological polar surface area (TPSA) is 78.9 Å². The van der Waals surface area contributed by atoms with Gasteiger partial charge >= 0.3 is 17.9 Å². The molecule has 0 aliphatic carbocycles. The van der Waals surface area contributed by atoms with Crippen LogP contribution in [0.2, 0.25) is 0 Å². The molecule has 0 aliphatic heterocycles. The molecule has 0 aromatic rings. The lowest BCUT2D eigenvalue weighted by molar-refractivity contribution is -0.167. The summed E-state index contributed by atoms with van der Waals surface area (Å²) in [5.74, 6) is -1.01. The smallest absolute Gasteiger partial charge is 0.306 e. The second-order valence-corrected chi connectivity index (χ2v) is 16.7. The van der Waals surface area contributed by atoms with Crippen LogP contribution in [0.3, 0.4) is 0 Å². The lowest BCUT2D eigenvalue weighted by Crippen LogP contribution is -2.30. The Labute approximate surface area is 399 Å². The second-order valence-electron chi connectivity index (χ2n) is 16.7. The standard InChI is InChI=1S/C59H94O6/c1-4-7-10-13-16-19-22-24-26-28-29-31-33-35-38-41-44-47-50-53-59(62)65-56(54-63-57(60)51-48-45-42-39-36-21-18-15-12-9-6-3)55-64-58(61)52-49-46-43-40-37-34-32-30-27-25-23-20-17-14-11-8-5-2/h7-8,10-11,16-17,19-20,24-27,29,31-32,34-35,38,40,43,56H,4-6,9,12-15,18,21-23,28,30,33,36-37,39,41-42,44-55H2,1-3H3/b10-7-,11-8-,19-16-,20-17-,26-24-,27-25-,31-29-,34-32-,38-35-,43-40-/t56-/m0/s1. The monoisotopic (exact) mass is 899 g/mol. The highest BCUT2D eigenvalue weighted by atomic mass is 16.6. The summed E-state index contributed by atoms with van der Waals surface area (Å²) >= 11 is 0. The molecule has 0 N–H and O–H groups in total. The zero-order valence-electron chi connectivity index (χ0n) is 41.7. The molecule has 366 valence electrons. The van der Waals surface area contributed by atoms with Gasteiger partial charge in [-0.15, -0.1) is 0 Å². The van der Waals surface area contributed by atoms with E-state index in [9.17, 15) is 14.4 Å². The van der Waals surface area contributed by atoms with E-state index in [1.165, 1.54) is 51.4 Å². The maximum Gasteiger partial charge on any atom is 0.306 e. The Balaban J connectivity index is 4.54. The number of ether oxygens (including phenoxy) is 3. The number of carbonyl (C=O) groups excluding carboxylic acids is 3. The number of rotatable bonds is 45. The summed E-state index contributed by atoms with van der Waals surface area (Å²) in [7, 11) is 0. The molecule has 0 unspecified atom stereocenters. The predicted molar refractivity (Wildman–Crippen MR) is 279 cm³/mol. The third-order valence-corrected chi connectivity index (χ3v) is 10.5. The van der Waals surface area contributed by atoms with Crippen LogP contribution in [0.1, 0.15) is 213 Å². The molecule has 0 saturated heterocycles. The second kappa shape index (κ2) is 52.4. The maximum atomic E-state index is 12.8. The SMILES string of the molecule is CC/C=C\C/C=C\C/C=C\C/C=C\C/C=C\CCCCCC(=O)O[C@H](COC(=O)CCC/C=C\C/C=C\C/C=C\C/C=C\C/C=C\CC)COC(=O)CCCCCCCCCCCCC. The van der Waals surface area contributed by atoms with Gasteiger partial charge in [-0.05, 0) is 103 Å². The normalized spacial score (nSPS) is 13.1. The van der Waals surface area contributed by atoms with Crippen molar-refractivity contribution in [2.24, 2.45) is 0 Å². The van der Waals surface area contributed by atoms with Crippen molar-refractivity contribution in [2.45, 2.75) is 219 Å². The van der Waals surface area contributed by atoms with Crippen molar-refractivity contribution in [1.29, 1.82) is 0 Å². The fourth-order valence-electron chi connectivity index (χ4n) is 6.62. The zero-order valence-corrected chi connectivity index (χ0v) is 41.7. The molecule has 0 saturated carbocycles. The number of hydrogen-bond donors (Lipinski definition) is 0. The van der Waals surface area contributed by atoms with Crippen molar-refractivity contribution in [2.75, 3.05) is 13.2 Å². The van der Waals surface area contributed by atoms with Crippen LogP contribution in [-0.4, -0.2) is 37.2 Å². The zero-order chi connectivity index (χ0) is 47.2.